The number of nitrogens with two attached hydrogens (primary N) is 3. The van der Waals surface area contributed by atoms with Crippen LogP contribution >= 0.6 is 0 Å². The van der Waals surface area contributed by atoms with Crippen LogP contribution in [0.2, 0.25) is 0 Å². The van der Waals surface area contributed by atoms with Crippen LogP contribution in [0.25, 0.3) is 0 Å². The Labute approximate surface area is 253 Å². The minimum atomic E-state index is -1.55. The van der Waals surface area contributed by atoms with Gasteiger partial charge in [-0.3, -0.25) is 0 Å². The first kappa shape index (κ1) is 38.6. The van der Waals surface area contributed by atoms with Crippen molar-refractivity contribution in [2.45, 2.75) is 151 Å². The summed E-state index contributed by atoms with van der Waals surface area (Å²) in [5.74, 6) is -0.948. The van der Waals surface area contributed by atoms with Crippen molar-refractivity contribution in [3.8, 4) is 0 Å². The minimum absolute atomic E-state index is 0.257. The number of ether oxygens (including phenoxy) is 4. The van der Waals surface area contributed by atoms with Crippen molar-refractivity contribution in [1.29, 1.82) is 0 Å². The molecule has 2 aliphatic heterocycles. The summed E-state index contributed by atoms with van der Waals surface area (Å²) >= 11 is 0. The molecule has 15 heteroatoms. The Bertz CT molecular complexity index is 816. The molecule has 2 saturated heterocycles. The summed E-state index contributed by atoms with van der Waals surface area (Å²) in [7, 11) is 0. The Balaban J connectivity index is 2.48. The molecule has 15 nitrogen and oxygen atoms in total. The molecule has 14 atom stereocenters. The van der Waals surface area contributed by atoms with Crippen LogP contribution in [0.4, 0.5) is 0 Å². The summed E-state index contributed by atoms with van der Waals surface area (Å²) in [6.45, 7) is 6.87. The third kappa shape index (κ3) is 7.69. The molecule has 2 fully saturated rings. The average molecular weight is 628 g/mol. The van der Waals surface area contributed by atoms with Gasteiger partial charge in [-0.05, 0) is 32.6 Å². The van der Waals surface area contributed by atoms with E-state index in [2.05, 4.69) is 0 Å². The smallest absolute Gasteiger partial charge is 0.173 e. The highest BCUT2D eigenvalue weighted by Gasteiger charge is 2.59. The van der Waals surface area contributed by atoms with Gasteiger partial charge < -0.3 is 77.0 Å². The first-order chi connectivity index (χ1) is 20.2. The maximum absolute atomic E-state index is 11.8. The zero-order valence-electron chi connectivity index (χ0n) is 26.0. The molecule has 2 aliphatic rings. The summed E-state index contributed by atoms with van der Waals surface area (Å²) in [5.41, 5.74) is 15.8. The number of hydrogen-bond acceptors (Lipinski definition) is 15. The van der Waals surface area contributed by atoms with Crippen LogP contribution < -0.4 is 17.2 Å². The van der Waals surface area contributed by atoms with Gasteiger partial charge >= 0.3 is 0 Å². The van der Waals surface area contributed by atoms with E-state index in [-0.39, 0.29) is 25.7 Å². The predicted octanol–water partition coefficient (Wildman–Crippen LogP) is -3.60. The molecule has 0 aromatic rings. The van der Waals surface area contributed by atoms with Gasteiger partial charge in [0.25, 0.3) is 0 Å². The second-order valence-corrected chi connectivity index (χ2v) is 12.0. The van der Waals surface area contributed by atoms with E-state index in [1.165, 1.54) is 6.92 Å². The standard InChI is InChI=1S/C28H57N3O12/c1-6-27(7-2,42-15(11-33)21(36)20(35)13(5)29)17-14(10-32)40-25(18(30)22(17)37)28(8-3,9-4)43-24-16(12-34)41-26(39)19(31)23(24)38/h13-26,32-39H,6-12,29-31H2,1-5H3. The number of hydrogen-bond donors (Lipinski definition) is 11. The second kappa shape index (κ2) is 16.3. The fourth-order valence-electron chi connectivity index (χ4n) is 6.70. The Hall–Kier alpha value is -0.600. The summed E-state index contributed by atoms with van der Waals surface area (Å²) in [5, 5.41) is 84.4. The Morgan fingerprint density at radius 3 is 1.74 bits per heavy atom. The molecule has 0 spiro atoms. The van der Waals surface area contributed by atoms with Crippen molar-refractivity contribution in [3.63, 3.8) is 0 Å². The second-order valence-electron chi connectivity index (χ2n) is 12.0. The van der Waals surface area contributed by atoms with Gasteiger partial charge in [-0.15, -0.1) is 0 Å². The van der Waals surface area contributed by atoms with Crippen LogP contribution in [0.1, 0.15) is 60.3 Å². The van der Waals surface area contributed by atoms with Crippen LogP contribution in [-0.2, 0) is 18.9 Å². The van der Waals surface area contributed by atoms with Crippen molar-refractivity contribution in [1.82, 2.24) is 0 Å². The van der Waals surface area contributed by atoms with Crippen LogP contribution in [0, 0.1) is 5.92 Å². The van der Waals surface area contributed by atoms with Gasteiger partial charge in [-0.2, -0.15) is 0 Å². The van der Waals surface area contributed by atoms with Crippen LogP contribution in [0.5, 0.6) is 0 Å². The fraction of sp³-hybridized carbons (Fsp3) is 1.00. The first-order valence-electron chi connectivity index (χ1n) is 15.4. The lowest BCUT2D eigenvalue weighted by Crippen LogP contribution is -2.72. The van der Waals surface area contributed by atoms with Gasteiger partial charge in [0.1, 0.15) is 36.6 Å². The lowest BCUT2D eigenvalue weighted by molar-refractivity contribution is -0.316. The van der Waals surface area contributed by atoms with E-state index >= 15 is 0 Å². The summed E-state index contributed by atoms with van der Waals surface area (Å²) in [6.07, 6.45) is -11.9. The van der Waals surface area contributed by atoms with E-state index in [1.807, 2.05) is 0 Å². The lowest BCUT2D eigenvalue weighted by atomic mass is 9.69. The molecule has 0 saturated carbocycles. The third-order valence-electron chi connectivity index (χ3n) is 9.66. The zero-order chi connectivity index (χ0) is 32.9. The number of rotatable bonds is 16. The predicted molar refractivity (Wildman–Crippen MR) is 154 cm³/mol. The molecule has 2 heterocycles. The van der Waals surface area contributed by atoms with Crippen molar-refractivity contribution in [2.24, 2.45) is 23.1 Å². The molecular weight excluding hydrogens is 570 g/mol. The molecule has 0 aliphatic carbocycles. The molecule has 43 heavy (non-hydrogen) atoms. The summed E-state index contributed by atoms with van der Waals surface area (Å²) in [4.78, 5) is 0. The van der Waals surface area contributed by atoms with Gasteiger partial charge in [0.2, 0.25) is 0 Å². The molecule has 0 bridgehead atoms. The minimum Gasteiger partial charge on any atom is -0.394 e. The van der Waals surface area contributed by atoms with E-state index in [0.29, 0.717) is 0 Å². The van der Waals surface area contributed by atoms with E-state index in [4.69, 9.17) is 36.1 Å². The quantitative estimate of drug-likeness (QED) is 0.0788. The van der Waals surface area contributed by atoms with Crippen molar-refractivity contribution >= 4 is 0 Å². The SMILES string of the molecule is CCC(CC)(OC1C(CO)OC(O)C(N)C1O)C1OC(CO)C(C(CC)(CC)OC(CO)C(O)C(O)C(C)N)C(O)C1N. The highest BCUT2D eigenvalue weighted by atomic mass is 16.6. The normalized spacial score (nSPS) is 37.1. The van der Waals surface area contributed by atoms with E-state index < -0.39 is 116 Å². The molecule has 2 rings (SSSR count). The molecule has 14 N–H and O–H groups in total. The fourth-order valence-corrected chi connectivity index (χ4v) is 6.70. The zero-order valence-corrected chi connectivity index (χ0v) is 26.0. The third-order valence-corrected chi connectivity index (χ3v) is 9.66. The Morgan fingerprint density at radius 1 is 0.767 bits per heavy atom. The van der Waals surface area contributed by atoms with E-state index in [1.54, 1.807) is 27.7 Å². The highest BCUT2D eigenvalue weighted by Crippen LogP contribution is 2.45. The molecule has 0 amide bonds. The van der Waals surface area contributed by atoms with Gasteiger partial charge in [-0.25, -0.2) is 0 Å². The highest BCUT2D eigenvalue weighted by molar-refractivity contribution is 5.09. The molecule has 0 aromatic carbocycles. The topological polar surface area (TPSA) is 277 Å². The van der Waals surface area contributed by atoms with Gasteiger partial charge in [0, 0.05) is 12.0 Å². The lowest BCUT2D eigenvalue weighted by Gasteiger charge is -2.56. The number of aliphatic hydroxyl groups excluding tert-OH is 8. The van der Waals surface area contributed by atoms with Crippen molar-refractivity contribution < 1.29 is 59.8 Å². The largest absolute Gasteiger partial charge is 0.394 e. The average Bonchev–Trinajstić information content (AvgIpc) is 3.01. The van der Waals surface area contributed by atoms with Gasteiger partial charge in [0.15, 0.2) is 6.29 Å². The molecule has 0 aromatic heterocycles. The maximum Gasteiger partial charge on any atom is 0.173 e. The van der Waals surface area contributed by atoms with Crippen LogP contribution in [0.15, 0.2) is 0 Å². The summed E-state index contributed by atoms with van der Waals surface area (Å²) in [6, 6.07) is -3.15. The Kier molecular flexibility index (Phi) is 14.6. The molecule has 0 radical (unpaired) electrons. The molecule has 14 unspecified atom stereocenters. The molecular formula is C28H57N3O12. The van der Waals surface area contributed by atoms with Crippen LogP contribution in [-0.4, -0.2) is 151 Å². The number of aliphatic hydroxyl groups is 8. The maximum atomic E-state index is 11.8. The van der Waals surface area contributed by atoms with Crippen molar-refractivity contribution in [2.75, 3.05) is 19.8 Å². The first-order valence-corrected chi connectivity index (χ1v) is 15.4. The Morgan fingerprint density at radius 2 is 1.30 bits per heavy atom. The molecule has 256 valence electrons. The monoisotopic (exact) mass is 627 g/mol. The van der Waals surface area contributed by atoms with Crippen LogP contribution in [0.3, 0.4) is 0 Å². The van der Waals surface area contributed by atoms with E-state index in [9.17, 15) is 40.9 Å². The summed E-state index contributed by atoms with van der Waals surface area (Å²) < 4.78 is 24.6. The van der Waals surface area contributed by atoms with Crippen molar-refractivity contribution in [3.05, 3.63) is 0 Å². The van der Waals surface area contributed by atoms with Gasteiger partial charge in [0.05, 0.1) is 61.4 Å². The van der Waals surface area contributed by atoms with Gasteiger partial charge in [-0.1, -0.05) is 27.7 Å². The van der Waals surface area contributed by atoms with E-state index in [0.717, 1.165) is 0 Å².